The maximum absolute atomic E-state index is 4.29. The average Bonchev–Trinajstić information content (AvgIpc) is 2.76. The van der Waals surface area contributed by atoms with E-state index in [4.69, 9.17) is 0 Å². The summed E-state index contributed by atoms with van der Waals surface area (Å²) in [5.41, 5.74) is 3.55. The molecule has 0 saturated heterocycles. The quantitative estimate of drug-likeness (QED) is 0.760. The molecule has 0 aliphatic heterocycles. The molecule has 0 amide bonds. The predicted molar refractivity (Wildman–Crippen MR) is 73.0 cm³/mol. The van der Waals surface area contributed by atoms with Gasteiger partial charge in [0.1, 0.15) is 5.65 Å². The summed E-state index contributed by atoms with van der Waals surface area (Å²) in [6.07, 6.45) is 4.78. The van der Waals surface area contributed by atoms with Gasteiger partial charge >= 0.3 is 0 Å². The van der Waals surface area contributed by atoms with Gasteiger partial charge in [-0.2, -0.15) is 0 Å². The highest BCUT2D eigenvalue weighted by Crippen LogP contribution is 2.20. The number of H-pyrrole nitrogens is 1. The Morgan fingerprint density at radius 3 is 2.76 bits per heavy atom. The summed E-state index contributed by atoms with van der Waals surface area (Å²) in [6.45, 7) is 0. The SMILES string of the molecule is Brc1ccc(Cc2c[nH]c3ncccc23)cc1. The maximum atomic E-state index is 4.29. The number of nitrogens with one attached hydrogen (secondary N) is 1. The number of aromatic amines is 1. The van der Waals surface area contributed by atoms with Crippen LogP contribution < -0.4 is 0 Å². The Morgan fingerprint density at radius 2 is 1.94 bits per heavy atom. The third-order valence-electron chi connectivity index (χ3n) is 2.84. The highest BCUT2D eigenvalue weighted by atomic mass is 79.9. The van der Waals surface area contributed by atoms with Crippen molar-refractivity contribution < 1.29 is 0 Å². The fourth-order valence-corrected chi connectivity index (χ4v) is 2.25. The number of hydrogen-bond acceptors (Lipinski definition) is 1. The van der Waals surface area contributed by atoms with Crippen LogP contribution in [0.3, 0.4) is 0 Å². The van der Waals surface area contributed by atoms with E-state index in [2.05, 4.69) is 56.2 Å². The number of nitrogens with zero attached hydrogens (tertiary/aromatic N) is 1. The van der Waals surface area contributed by atoms with Gasteiger partial charge in [-0.25, -0.2) is 4.98 Å². The summed E-state index contributed by atoms with van der Waals surface area (Å²) < 4.78 is 1.11. The molecule has 0 atom stereocenters. The molecule has 84 valence electrons. The smallest absolute Gasteiger partial charge is 0.137 e. The van der Waals surface area contributed by atoms with Gasteiger partial charge in [0.05, 0.1) is 0 Å². The largest absolute Gasteiger partial charge is 0.346 e. The molecule has 0 unspecified atom stereocenters. The summed E-state index contributed by atoms with van der Waals surface area (Å²) in [7, 11) is 0. The minimum atomic E-state index is 0.930. The minimum Gasteiger partial charge on any atom is -0.346 e. The lowest BCUT2D eigenvalue weighted by atomic mass is 10.1. The summed E-state index contributed by atoms with van der Waals surface area (Å²) in [4.78, 5) is 7.49. The van der Waals surface area contributed by atoms with Crippen molar-refractivity contribution in [2.24, 2.45) is 0 Å². The number of halogens is 1. The highest BCUT2D eigenvalue weighted by Gasteiger charge is 2.04. The number of rotatable bonds is 2. The van der Waals surface area contributed by atoms with Crippen LogP contribution >= 0.6 is 15.9 Å². The van der Waals surface area contributed by atoms with Gasteiger partial charge in [0.15, 0.2) is 0 Å². The molecule has 0 spiro atoms. The Morgan fingerprint density at radius 1 is 1.12 bits per heavy atom. The van der Waals surface area contributed by atoms with E-state index in [1.165, 1.54) is 16.5 Å². The zero-order valence-electron chi connectivity index (χ0n) is 9.15. The second-order valence-electron chi connectivity index (χ2n) is 4.02. The Labute approximate surface area is 108 Å². The molecule has 0 bridgehead atoms. The van der Waals surface area contributed by atoms with Gasteiger partial charge in [-0.1, -0.05) is 28.1 Å². The molecule has 0 radical (unpaired) electrons. The molecule has 0 aliphatic rings. The van der Waals surface area contributed by atoms with E-state index in [9.17, 15) is 0 Å². The van der Waals surface area contributed by atoms with E-state index in [0.717, 1.165) is 16.5 Å². The topological polar surface area (TPSA) is 28.7 Å². The fraction of sp³-hybridized carbons (Fsp3) is 0.0714. The maximum Gasteiger partial charge on any atom is 0.137 e. The Bertz CT molecular complexity index is 641. The van der Waals surface area contributed by atoms with Gasteiger partial charge in [0.2, 0.25) is 0 Å². The lowest BCUT2D eigenvalue weighted by Gasteiger charge is -2.00. The van der Waals surface area contributed by atoms with Crippen molar-refractivity contribution >= 4 is 27.0 Å². The molecule has 1 aromatic carbocycles. The van der Waals surface area contributed by atoms with Crippen LogP contribution in [0.1, 0.15) is 11.1 Å². The number of pyridine rings is 1. The monoisotopic (exact) mass is 286 g/mol. The molecule has 3 heteroatoms. The molecule has 0 aliphatic carbocycles. The van der Waals surface area contributed by atoms with Crippen molar-refractivity contribution in [1.82, 2.24) is 9.97 Å². The van der Waals surface area contributed by atoms with Gasteiger partial charge in [-0.15, -0.1) is 0 Å². The van der Waals surface area contributed by atoms with Crippen LogP contribution in [0.2, 0.25) is 0 Å². The van der Waals surface area contributed by atoms with Crippen LogP contribution in [0.25, 0.3) is 11.0 Å². The Hall–Kier alpha value is -1.61. The normalized spacial score (nSPS) is 10.9. The van der Waals surface area contributed by atoms with Crippen LogP contribution in [0.15, 0.2) is 53.3 Å². The van der Waals surface area contributed by atoms with Gasteiger partial charge in [-0.3, -0.25) is 0 Å². The molecule has 17 heavy (non-hydrogen) atoms. The van der Waals surface area contributed by atoms with Crippen LogP contribution in [-0.4, -0.2) is 9.97 Å². The molecule has 3 rings (SSSR count). The summed E-state index contributed by atoms with van der Waals surface area (Å²) in [6, 6.07) is 12.5. The highest BCUT2D eigenvalue weighted by molar-refractivity contribution is 9.10. The lowest BCUT2D eigenvalue weighted by Crippen LogP contribution is -1.86. The first-order valence-electron chi connectivity index (χ1n) is 5.48. The molecule has 2 aromatic heterocycles. The summed E-state index contributed by atoms with van der Waals surface area (Å²) in [5, 5.41) is 1.20. The minimum absolute atomic E-state index is 0.930. The first-order chi connectivity index (χ1) is 8.33. The molecule has 2 heterocycles. The van der Waals surface area contributed by atoms with Crippen molar-refractivity contribution in [2.45, 2.75) is 6.42 Å². The molecule has 1 N–H and O–H groups in total. The predicted octanol–water partition coefficient (Wildman–Crippen LogP) is 3.92. The number of benzene rings is 1. The van der Waals surface area contributed by atoms with Crippen LogP contribution in [0.4, 0.5) is 0 Å². The van der Waals surface area contributed by atoms with E-state index in [1.54, 1.807) is 0 Å². The average molecular weight is 287 g/mol. The third-order valence-corrected chi connectivity index (χ3v) is 3.37. The van der Waals surface area contributed by atoms with E-state index in [-0.39, 0.29) is 0 Å². The first kappa shape index (κ1) is 10.5. The van der Waals surface area contributed by atoms with Crippen molar-refractivity contribution in [3.05, 3.63) is 64.4 Å². The zero-order chi connectivity index (χ0) is 11.7. The molecule has 3 aromatic rings. The summed E-state index contributed by atoms with van der Waals surface area (Å²) in [5.74, 6) is 0. The summed E-state index contributed by atoms with van der Waals surface area (Å²) >= 11 is 3.45. The first-order valence-corrected chi connectivity index (χ1v) is 6.27. The number of aromatic nitrogens is 2. The fourth-order valence-electron chi connectivity index (χ4n) is 1.98. The van der Waals surface area contributed by atoms with E-state index >= 15 is 0 Å². The zero-order valence-corrected chi connectivity index (χ0v) is 10.7. The van der Waals surface area contributed by atoms with Gasteiger partial charge < -0.3 is 4.98 Å². The Balaban J connectivity index is 1.97. The van der Waals surface area contributed by atoms with Crippen molar-refractivity contribution in [1.29, 1.82) is 0 Å². The van der Waals surface area contributed by atoms with Gasteiger partial charge in [0.25, 0.3) is 0 Å². The van der Waals surface area contributed by atoms with Gasteiger partial charge in [-0.05, 0) is 41.8 Å². The standard InChI is InChI=1S/C14H11BrN2/c15-12-5-3-10(4-6-12)8-11-9-17-14-13(11)2-1-7-16-14/h1-7,9H,8H2,(H,16,17). The van der Waals surface area contributed by atoms with Crippen molar-refractivity contribution in [2.75, 3.05) is 0 Å². The number of fused-ring (bicyclic) bond motifs is 1. The second kappa shape index (κ2) is 4.34. The van der Waals surface area contributed by atoms with Crippen LogP contribution in [0, 0.1) is 0 Å². The van der Waals surface area contributed by atoms with Crippen LogP contribution in [-0.2, 0) is 6.42 Å². The van der Waals surface area contributed by atoms with Crippen molar-refractivity contribution in [3.63, 3.8) is 0 Å². The van der Waals surface area contributed by atoms with Crippen molar-refractivity contribution in [3.8, 4) is 0 Å². The number of hydrogen-bond donors (Lipinski definition) is 1. The van der Waals surface area contributed by atoms with Gasteiger partial charge in [0, 0.05) is 22.3 Å². The van der Waals surface area contributed by atoms with Crippen LogP contribution in [0.5, 0.6) is 0 Å². The van der Waals surface area contributed by atoms with E-state index in [1.807, 2.05) is 18.5 Å². The molecular formula is C14H11BrN2. The second-order valence-corrected chi connectivity index (χ2v) is 4.93. The van der Waals surface area contributed by atoms with E-state index < -0.39 is 0 Å². The molecule has 0 fully saturated rings. The third kappa shape index (κ3) is 2.11. The molecular weight excluding hydrogens is 276 g/mol. The Kier molecular flexibility index (Phi) is 2.69. The lowest BCUT2D eigenvalue weighted by molar-refractivity contribution is 1.20. The van der Waals surface area contributed by atoms with E-state index in [0.29, 0.717) is 0 Å². The molecule has 0 saturated carbocycles. The molecule has 2 nitrogen and oxygen atoms in total.